The van der Waals surface area contributed by atoms with Gasteiger partial charge in [-0.05, 0) is 31.4 Å². The van der Waals surface area contributed by atoms with Crippen LogP contribution in [0.5, 0.6) is 0 Å². The van der Waals surface area contributed by atoms with Gasteiger partial charge in [-0.25, -0.2) is 14.4 Å². The summed E-state index contributed by atoms with van der Waals surface area (Å²) in [6, 6.07) is 6.44. The molecule has 1 aliphatic rings. The second-order valence-corrected chi connectivity index (χ2v) is 7.21. The Kier molecular flexibility index (Phi) is 4.55. The summed E-state index contributed by atoms with van der Waals surface area (Å²) in [4.78, 5) is 23.8. The summed E-state index contributed by atoms with van der Waals surface area (Å²) >= 11 is 1.36. The molecular weight excluding hydrogens is 353 g/mol. The number of benzene rings is 1. The standard InChI is InChI=1S/C19H18FN3O2S/c1-12-17(26-11-22-12)19(24)23-8-4-7-16(23)18-21-10-14(25-18)9-13-5-2-3-6-15(13)20/h2-3,5-6,10-11,16H,4,7-9H2,1H3/t16-/m0/s1. The van der Waals surface area contributed by atoms with Crippen molar-refractivity contribution in [3.63, 3.8) is 0 Å². The zero-order chi connectivity index (χ0) is 18.1. The Morgan fingerprint density at radius 3 is 3.00 bits per heavy atom. The minimum absolute atomic E-state index is 0.0265. The van der Waals surface area contributed by atoms with Crippen LogP contribution in [-0.2, 0) is 6.42 Å². The summed E-state index contributed by atoms with van der Waals surface area (Å²) in [7, 11) is 0. The van der Waals surface area contributed by atoms with E-state index in [1.54, 1.807) is 34.8 Å². The van der Waals surface area contributed by atoms with Gasteiger partial charge >= 0.3 is 0 Å². The van der Waals surface area contributed by atoms with Crippen molar-refractivity contribution >= 4 is 17.2 Å². The van der Waals surface area contributed by atoms with Crippen LogP contribution in [0.4, 0.5) is 4.39 Å². The van der Waals surface area contributed by atoms with Crippen LogP contribution >= 0.6 is 11.3 Å². The smallest absolute Gasteiger partial charge is 0.266 e. The molecule has 3 aromatic rings. The van der Waals surface area contributed by atoms with Crippen molar-refractivity contribution in [1.82, 2.24) is 14.9 Å². The molecule has 1 aliphatic heterocycles. The number of carbonyl (C=O) groups is 1. The normalized spacial score (nSPS) is 17.0. The number of halogens is 1. The molecule has 0 radical (unpaired) electrons. The number of hydrogen-bond donors (Lipinski definition) is 0. The summed E-state index contributed by atoms with van der Waals surface area (Å²) in [6.45, 7) is 2.51. The van der Waals surface area contributed by atoms with Crippen LogP contribution in [0, 0.1) is 12.7 Å². The number of carbonyl (C=O) groups excluding carboxylic acids is 1. The quantitative estimate of drug-likeness (QED) is 0.691. The first-order valence-corrected chi connectivity index (χ1v) is 9.40. The Balaban J connectivity index is 1.54. The van der Waals surface area contributed by atoms with Crippen molar-refractivity contribution in [2.24, 2.45) is 0 Å². The molecule has 134 valence electrons. The third-order valence-corrected chi connectivity index (χ3v) is 5.55. The average molecular weight is 371 g/mol. The van der Waals surface area contributed by atoms with Gasteiger partial charge in [-0.1, -0.05) is 18.2 Å². The van der Waals surface area contributed by atoms with Crippen LogP contribution in [0.3, 0.4) is 0 Å². The van der Waals surface area contributed by atoms with Gasteiger partial charge in [-0.3, -0.25) is 4.79 Å². The highest BCUT2D eigenvalue weighted by Crippen LogP contribution is 2.34. The summed E-state index contributed by atoms with van der Waals surface area (Å²) in [6.07, 6.45) is 3.68. The maximum atomic E-state index is 13.8. The van der Waals surface area contributed by atoms with E-state index in [1.165, 1.54) is 17.4 Å². The predicted molar refractivity (Wildman–Crippen MR) is 95.6 cm³/mol. The highest BCUT2D eigenvalue weighted by molar-refractivity contribution is 7.11. The van der Waals surface area contributed by atoms with E-state index in [1.807, 2.05) is 6.92 Å². The molecule has 1 saturated heterocycles. The highest BCUT2D eigenvalue weighted by Gasteiger charge is 2.35. The highest BCUT2D eigenvalue weighted by atomic mass is 32.1. The Morgan fingerprint density at radius 2 is 2.23 bits per heavy atom. The van der Waals surface area contributed by atoms with E-state index in [0.29, 0.717) is 35.1 Å². The summed E-state index contributed by atoms with van der Waals surface area (Å²) < 4.78 is 19.7. The molecule has 0 saturated carbocycles. The molecule has 4 rings (SSSR count). The van der Waals surface area contributed by atoms with E-state index < -0.39 is 0 Å². The van der Waals surface area contributed by atoms with Crippen LogP contribution in [0.15, 0.2) is 40.4 Å². The predicted octanol–water partition coefficient (Wildman–Crippen LogP) is 4.15. The van der Waals surface area contributed by atoms with Crippen molar-refractivity contribution in [3.8, 4) is 0 Å². The molecule has 1 atom stereocenters. The van der Waals surface area contributed by atoms with E-state index in [9.17, 15) is 9.18 Å². The maximum Gasteiger partial charge on any atom is 0.266 e. The van der Waals surface area contributed by atoms with Crippen LogP contribution in [0.25, 0.3) is 0 Å². The zero-order valence-corrected chi connectivity index (χ0v) is 15.1. The van der Waals surface area contributed by atoms with E-state index in [2.05, 4.69) is 9.97 Å². The van der Waals surface area contributed by atoms with Crippen LogP contribution in [-0.4, -0.2) is 27.3 Å². The molecule has 0 unspecified atom stereocenters. The fourth-order valence-corrected chi connectivity index (χ4v) is 4.05. The third kappa shape index (κ3) is 3.14. The van der Waals surface area contributed by atoms with Gasteiger partial charge in [0.2, 0.25) is 5.89 Å². The SMILES string of the molecule is Cc1ncsc1C(=O)N1CCC[C@H]1c1ncc(Cc2ccccc2F)o1. The van der Waals surface area contributed by atoms with Crippen molar-refractivity contribution in [1.29, 1.82) is 0 Å². The van der Waals surface area contributed by atoms with Crippen LogP contribution < -0.4 is 0 Å². The van der Waals surface area contributed by atoms with Crippen LogP contribution in [0.1, 0.15) is 51.5 Å². The maximum absolute atomic E-state index is 13.8. The molecule has 2 aromatic heterocycles. The second kappa shape index (κ2) is 6.99. The lowest BCUT2D eigenvalue weighted by Crippen LogP contribution is -2.30. The molecule has 1 fully saturated rings. The minimum atomic E-state index is -0.260. The Labute approximate surface area is 154 Å². The first kappa shape index (κ1) is 16.9. The van der Waals surface area contributed by atoms with Crippen molar-refractivity contribution in [2.75, 3.05) is 6.54 Å². The minimum Gasteiger partial charge on any atom is -0.443 e. The first-order valence-electron chi connectivity index (χ1n) is 8.52. The Bertz CT molecular complexity index is 936. The van der Waals surface area contributed by atoms with Gasteiger partial charge in [0.25, 0.3) is 5.91 Å². The number of aryl methyl sites for hydroxylation is 1. The van der Waals surface area contributed by atoms with Gasteiger partial charge in [0, 0.05) is 13.0 Å². The molecule has 0 spiro atoms. The lowest BCUT2D eigenvalue weighted by atomic mass is 10.1. The van der Waals surface area contributed by atoms with Gasteiger partial charge in [0.1, 0.15) is 22.5 Å². The second-order valence-electron chi connectivity index (χ2n) is 6.36. The van der Waals surface area contributed by atoms with Gasteiger partial charge in [0.15, 0.2) is 0 Å². The molecule has 0 aliphatic carbocycles. The number of nitrogens with zero attached hydrogens (tertiary/aromatic N) is 3. The van der Waals surface area contributed by atoms with E-state index >= 15 is 0 Å². The molecule has 1 amide bonds. The topological polar surface area (TPSA) is 59.2 Å². The van der Waals surface area contributed by atoms with Gasteiger partial charge in [-0.2, -0.15) is 0 Å². The van der Waals surface area contributed by atoms with Crippen molar-refractivity contribution < 1.29 is 13.6 Å². The molecule has 0 bridgehead atoms. The number of hydrogen-bond acceptors (Lipinski definition) is 5. The van der Waals surface area contributed by atoms with Crippen LogP contribution in [0.2, 0.25) is 0 Å². The zero-order valence-electron chi connectivity index (χ0n) is 14.3. The summed E-state index contributed by atoms with van der Waals surface area (Å²) in [5.74, 6) is 0.827. The largest absolute Gasteiger partial charge is 0.443 e. The summed E-state index contributed by atoms with van der Waals surface area (Å²) in [5.41, 5.74) is 3.00. The van der Waals surface area contributed by atoms with Gasteiger partial charge < -0.3 is 9.32 Å². The molecular formula is C19H18FN3O2S. The van der Waals surface area contributed by atoms with Crippen molar-refractivity contribution in [3.05, 3.63) is 69.6 Å². The molecule has 3 heterocycles. The number of likely N-dealkylation sites (tertiary alicyclic amines) is 1. The fraction of sp³-hybridized carbons (Fsp3) is 0.316. The molecule has 5 nitrogen and oxygen atoms in total. The number of oxazole rings is 1. The van der Waals surface area contributed by atoms with E-state index in [-0.39, 0.29) is 17.8 Å². The average Bonchev–Trinajstić information content (AvgIpc) is 3.36. The van der Waals surface area contributed by atoms with E-state index in [0.717, 1.165) is 18.5 Å². The molecule has 1 aromatic carbocycles. The number of amides is 1. The lowest BCUT2D eigenvalue weighted by molar-refractivity contribution is 0.0718. The number of thiazole rings is 1. The number of aromatic nitrogens is 2. The first-order chi connectivity index (χ1) is 12.6. The van der Waals surface area contributed by atoms with Gasteiger partial charge in [-0.15, -0.1) is 11.3 Å². The molecule has 26 heavy (non-hydrogen) atoms. The lowest BCUT2D eigenvalue weighted by Gasteiger charge is -2.21. The van der Waals surface area contributed by atoms with Crippen molar-refractivity contribution in [2.45, 2.75) is 32.2 Å². The number of rotatable bonds is 4. The Hall–Kier alpha value is -2.54. The van der Waals surface area contributed by atoms with E-state index in [4.69, 9.17) is 4.42 Å². The summed E-state index contributed by atoms with van der Waals surface area (Å²) in [5, 5.41) is 0. The molecule has 0 N–H and O–H groups in total. The fourth-order valence-electron chi connectivity index (χ4n) is 3.29. The monoisotopic (exact) mass is 371 g/mol. The molecule has 7 heteroatoms. The van der Waals surface area contributed by atoms with Gasteiger partial charge in [0.05, 0.1) is 17.4 Å². The Morgan fingerprint density at radius 1 is 1.38 bits per heavy atom. The third-order valence-electron chi connectivity index (χ3n) is 4.63.